The van der Waals surface area contributed by atoms with Gasteiger partial charge in [0.2, 0.25) is 11.8 Å². The van der Waals surface area contributed by atoms with Gasteiger partial charge in [-0.2, -0.15) is 0 Å². The molecule has 2 aromatic carbocycles. The highest BCUT2D eigenvalue weighted by atomic mass is 32.2. The lowest BCUT2D eigenvalue weighted by Crippen LogP contribution is -2.40. The van der Waals surface area contributed by atoms with Crippen molar-refractivity contribution >= 4 is 35.1 Å². The molecule has 0 saturated carbocycles. The molecule has 1 fully saturated rings. The molecule has 172 valence electrons. The minimum absolute atomic E-state index is 0.0999. The maximum Gasteiger partial charge on any atom is 0.321 e. The Labute approximate surface area is 197 Å². The molecule has 4 rings (SSSR count). The molecule has 2 N–H and O–H groups in total. The highest BCUT2D eigenvalue weighted by Gasteiger charge is 2.27. The molecule has 0 bridgehead atoms. The number of aryl methyl sites for hydroxylation is 1. The Balaban J connectivity index is 1.23. The minimum Gasteiger partial charge on any atom is -0.416 e. The fourth-order valence-corrected chi connectivity index (χ4v) is 4.33. The number of hydrogen-bond acceptors (Lipinski definition) is 6. The molecular formula is C24H27N5O3S. The Hall–Kier alpha value is -3.33. The smallest absolute Gasteiger partial charge is 0.321 e. The van der Waals surface area contributed by atoms with Crippen molar-refractivity contribution in [1.82, 2.24) is 15.1 Å². The number of likely N-dealkylation sites (tertiary alicyclic amines) is 1. The second-order valence-electron chi connectivity index (χ2n) is 7.81. The molecule has 0 radical (unpaired) electrons. The Morgan fingerprint density at radius 3 is 2.52 bits per heavy atom. The lowest BCUT2D eigenvalue weighted by molar-refractivity contribution is -0.113. The van der Waals surface area contributed by atoms with Crippen LogP contribution in [0.15, 0.2) is 64.2 Å². The van der Waals surface area contributed by atoms with Crippen LogP contribution in [0.1, 0.15) is 37.1 Å². The van der Waals surface area contributed by atoms with E-state index in [1.54, 1.807) is 4.90 Å². The van der Waals surface area contributed by atoms with Crippen molar-refractivity contribution in [3.05, 3.63) is 66.1 Å². The molecule has 0 spiro atoms. The molecule has 1 aromatic heterocycles. The molecule has 1 saturated heterocycles. The van der Waals surface area contributed by atoms with Crippen molar-refractivity contribution in [3.63, 3.8) is 0 Å². The van der Waals surface area contributed by atoms with E-state index in [1.807, 2.05) is 54.6 Å². The summed E-state index contributed by atoms with van der Waals surface area (Å²) in [4.78, 5) is 26.6. The Bertz CT molecular complexity index is 1080. The van der Waals surface area contributed by atoms with Crippen molar-refractivity contribution in [2.75, 3.05) is 29.5 Å². The van der Waals surface area contributed by atoms with E-state index < -0.39 is 0 Å². The molecule has 3 aromatic rings. The third-order valence-electron chi connectivity index (χ3n) is 5.58. The molecule has 1 aliphatic heterocycles. The first-order chi connectivity index (χ1) is 16.1. The van der Waals surface area contributed by atoms with Crippen LogP contribution in [-0.2, 0) is 11.2 Å². The van der Waals surface area contributed by atoms with Gasteiger partial charge in [-0.05, 0) is 43.0 Å². The van der Waals surface area contributed by atoms with Gasteiger partial charge in [0, 0.05) is 30.4 Å². The average molecular weight is 466 g/mol. The van der Waals surface area contributed by atoms with E-state index in [1.165, 1.54) is 11.8 Å². The van der Waals surface area contributed by atoms with Crippen molar-refractivity contribution in [3.8, 4) is 0 Å². The molecule has 9 heteroatoms. The largest absolute Gasteiger partial charge is 0.416 e. The zero-order valence-corrected chi connectivity index (χ0v) is 19.3. The van der Waals surface area contributed by atoms with Crippen LogP contribution in [0.5, 0.6) is 0 Å². The van der Waals surface area contributed by atoms with Crippen LogP contribution in [0.4, 0.5) is 16.2 Å². The van der Waals surface area contributed by atoms with E-state index in [9.17, 15) is 9.59 Å². The predicted molar refractivity (Wildman–Crippen MR) is 128 cm³/mol. The van der Waals surface area contributed by atoms with Crippen LogP contribution in [0.3, 0.4) is 0 Å². The molecule has 3 amide bonds. The van der Waals surface area contributed by atoms with Crippen LogP contribution < -0.4 is 10.6 Å². The SMILES string of the molecule is CCc1ccccc1NC(=O)CSc1nnc(C2CCN(C(=O)Nc3ccccc3)CC2)o1. The molecule has 0 aliphatic carbocycles. The fraction of sp³-hybridized carbons (Fsp3) is 0.333. The van der Waals surface area contributed by atoms with Gasteiger partial charge in [0.1, 0.15) is 0 Å². The topological polar surface area (TPSA) is 100 Å². The normalized spacial score (nSPS) is 14.2. The van der Waals surface area contributed by atoms with Crippen molar-refractivity contribution < 1.29 is 14.0 Å². The summed E-state index contributed by atoms with van der Waals surface area (Å²) in [6, 6.07) is 17.1. The first-order valence-corrected chi connectivity index (χ1v) is 12.1. The molecule has 33 heavy (non-hydrogen) atoms. The summed E-state index contributed by atoms with van der Waals surface area (Å²) in [5, 5.41) is 14.5. The number of benzene rings is 2. The number of hydrogen-bond donors (Lipinski definition) is 2. The summed E-state index contributed by atoms with van der Waals surface area (Å²) in [7, 11) is 0. The molecule has 8 nitrogen and oxygen atoms in total. The van der Waals surface area contributed by atoms with E-state index in [0.717, 1.165) is 36.2 Å². The summed E-state index contributed by atoms with van der Waals surface area (Å²) in [5.74, 6) is 0.756. The first kappa shape index (κ1) is 22.8. The van der Waals surface area contributed by atoms with Crippen molar-refractivity contribution in [1.29, 1.82) is 0 Å². The summed E-state index contributed by atoms with van der Waals surface area (Å²) >= 11 is 1.23. The Morgan fingerprint density at radius 2 is 1.76 bits per heavy atom. The quantitative estimate of drug-likeness (QED) is 0.487. The third kappa shape index (κ3) is 6.13. The van der Waals surface area contributed by atoms with Gasteiger partial charge in [-0.25, -0.2) is 4.79 Å². The maximum absolute atomic E-state index is 12.5. The van der Waals surface area contributed by atoms with Crippen LogP contribution in [0.2, 0.25) is 0 Å². The van der Waals surface area contributed by atoms with E-state index in [2.05, 4.69) is 27.8 Å². The van der Waals surface area contributed by atoms with Gasteiger partial charge in [0.15, 0.2) is 0 Å². The maximum atomic E-state index is 12.5. The van der Waals surface area contributed by atoms with Gasteiger partial charge in [-0.3, -0.25) is 4.79 Å². The lowest BCUT2D eigenvalue weighted by Gasteiger charge is -2.30. The van der Waals surface area contributed by atoms with Crippen LogP contribution in [0, 0.1) is 0 Å². The number of anilines is 2. The second kappa shape index (κ2) is 11.0. The third-order valence-corrected chi connectivity index (χ3v) is 6.40. The predicted octanol–water partition coefficient (Wildman–Crippen LogP) is 4.77. The molecule has 0 atom stereocenters. The number of thioether (sulfide) groups is 1. The number of nitrogens with one attached hydrogen (secondary N) is 2. The highest BCUT2D eigenvalue weighted by molar-refractivity contribution is 7.99. The zero-order valence-electron chi connectivity index (χ0n) is 18.5. The van der Waals surface area contributed by atoms with Gasteiger partial charge >= 0.3 is 6.03 Å². The van der Waals surface area contributed by atoms with Gasteiger partial charge in [0.05, 0.1) is 5.75 Å². The second-order valence-corrected chi connectivity index (χ2v) is 8.74. The number of carbonyl (C=O) groups excluding carboxylic acids is 2. The summed E-state index contributed by atoms with van der Waals surface area (Å²) in [5.41, 5.74) is 2.71. The van der Waals surface area contributed by atoms with E-state index >= 15 is 0 Å². The number of rotatable bonds is 7. The van der Waals surface area contributed by atoms with E-state index in [4.69, 9.17) is 4.42 Å². The van der Waals surface area contributed by atoms with E-state index in [-0.39, 0.29) is 23.6 Å². The number of para-hydroxylation sites is 2. The molecule has 0 unspecified atom stereocenters. The molecular weight excluding hydrogens is 438 g/mol. The number of aromatic nitrogens is 2. The summed E-state index contributed by atoms with van der Waals surface area (Å²) in [6.07, 6.45) is 2.36. The number of amides is 3. The number of carbonyl (C=O) groups is 2. The van der Waals surface area contributed by atoms with Crippen molar-refractivity contribution in [2.24, 2.45) is 0 Å². The Kier molecular flexibility index (Phi) is 7.62. The van der Waals surface area contributed by atoms with Gasteiger partial charge in [-0.15, -0.1) is 10.2 Å². The van der Waals surface area contributed by atoms with Crippen molar-refractivity contribution in [2.45, 2.75) is 37.3 Å². The zero-order chi connectivity index (χ0) is 23.0. The van der Waals surface area contributed by atoms with Crippen LogP contribution in [0.25, 0.3) is 0 Å². The number of piperidine rings is 1. The number of nitrogens with zero attached hydrogens (tertiary/aromatic N) is 3. The fourth-order valence-electron chi connectivity index (χ4n) is 3.76. The van der Waals surface area contributed by atoms with Gasteiger partial charge in [-0.1, -0.05) is 55.1 Å². The monoisotopic (exact) mass is 465 g/mol. The standard InChI is InChI=1S/C24H27N5O3S/c1-2-17-8-6-7-11-20(17)26-21(30)16-33-24-28-27-22(32-24)18-12-14-29(15-13-18)23(31)25-19-9-4-3-5-10-19/h3-11,18H,2,12-16H2,1H3,(H,25,31)(H,26,30). The Morgan fingerprint density at radius 1 is 1.03 bits per heavy atom. The van der Waals surface area contributed by atoms with Crippen LogP contribution in [-0.4, -0.2) is 45.9 Å². The molecule has 2 heterocycles. The highest BCUT2D eigenvalue weighted by Crippen LogP contribution is 2.29. The lowest BCUT2D eigenvalue weighted by atomic mass is 9.97. The van der Waals surface area contributed by atoms with E-state index in [0.29, 0.717) is 24.2 Å². The van der Waals surface area contributed by atoms with Crippen LogP contribution >= 0.6 is 11.8 Å². The summed E-state index contributed by atoms with van der Waals surface area (Å²) in [6.45, 7) is 3.29. The molecule has 1 aliphatic rings. The minimum atomic E-state index is -0.113. The number of urea groups is 1. The van der Waals surface area contributed by atoms with Gasteiger partial charge in [0.25, 0.3) is 5.22 Å². The average Bonchev–Trinajstić information content (AvgIpc) is 3.33. The summed E-state index contributed by atoms with van der Waals surface area (Å²) < 4.78 is 5.80. The van der Waals surface area contributed by atoms with Gasteiger partial charge < -0.3 is 20.0 Å². The first-order valence-electron chi connectivity index (χ1n) is 11.1.